The van der Waals surface area contributed by atoms with Gasteiger partial charge in [0.2, 0.25) is 5.89 Å². The maximum absolute atomic E-state index is 5.50. The average molecular weight is 240 g/mol. The first-order chi connectivity index (χ1) is 7.78. The topological polar surface area (TPSA) is 63.0 Å². The first-order valence-electron chi connectivity index (χ1n) is 6.12. The average Bonchev–Trinajstić information content (AvgIpc) is 2.61. The highest BCUT2D eigenvalue weighted by molar-refractivity contribution is 5.19. The lowest BCUT2D eigenvalue weighted by Gasteiger charge is -2.18. The normalized spacial score (nSPS) is 14.1. The van der Waals surface area contributed by atoms with Gasteiger partial charge in [0.05, 0.1) is 6.54 Å². The van der Waals surface area contributed by atoms with Crippen molar-refractivity contribution < 1.29 is 4.42 Å². The van der Waals surface area contributed by atoms with Crippen LogP contribution in [-0.4, -0.2) is 21.8 Å². The molecule has 5 nitrogen and oxygen atoms in total. The van der Waals surface area contributed by atoms with Crippen LogP contribution < -0.4 is 10.6 Å². The number of nitrogens with zero attached hydrogens (tertiary/aromatic N) is 2. The quantitative estimate of drug-likeness (QED) is 0.827. The van der Waals surface area contributed by atoms with Crippen molar-refractivity contribution in [2.45, 2.75) is 59.7 Å². The zero-order valence-electron chi connectivity index (χ0n) is 11.7. The number of nitrogens with one attached hydrogen (secondary N) is 2. The Morgan fingerprint density at radius 3 is 2.35 bits per heavy atom. The van der Waals surface area contributed by atoms with Gasteiger partial charge in [-0.1, -0.05) is 18.9 Å². The van der Waals surface area contributed by atoms with E-state index in [2.05, 4.69) is 62.4 Å². The summed E-state index contributed by atoms with van der Waals surface area (Å²) >= 11 is 0. The van der Waals surface area contributed by atoms with Crippen molar-refractivity contribution in [1.82, 2.24) is 15.5 Å². The van der Waals surface area contributed by atoms with Gasteiger partial charge in [-0.2, -0.15) is 0 Å². The summed E-state index contributed by atoms with van der Waals surface area (Å²) < 4.78 is 5.50. The number of aromatic nitrogens is 2. The lowest BCUT2D eigenvalue weighted by atomic mass is 10.1. The SMILES string of the molecule is CC(C)C(C)Nc1nnc(CNC(C)(C)C)o1. The molecule has 0 spiro atoms. The monoisotopic (exact) mass is 240 g/mol. The molecule has 0 aliphatic heterocycles. The Kier molecular flexibility index (Phi) is 4.51. The van der Waals surface area contributed by atoms with Crippen LogP contribution in [0.3, 0.4) is 0 Å². The van der Waals surface area contributed by atoms with Crippen LogP contribution >= 0.6 is 0 Å². The molecule has 1 rings (SSSR count). The van der Waals surface area contributed by atoms with E-state index in [-0.39, 0.29) is 5.54 Å². The highest BCUT2D eigenvalue weighted by atomic mass is 16.4. The zero-order valence-corrected chi connectivity index (χ0v) is 11.7. The predicted molar refractivity (Wildman–Crippen MR) is 68.8 cm³/mol. The van der Waals surface area contributed by atoms with Crippen LogP contribution in [0.25, 0.3) is 0 Å². The zero-order chi connectivity index (χ0) is 13.1. The molecule has 98 valence electrons. The van der Waals surface area contributed by atoms with E-state index in [0.717, 1.165) is 0 Å². The minimum atomic E-state index is 0.0489. The van der Waals surface area contributed by atoms with Crippen molar-refractivity contribution >= 4 is 6.01 Å². The molecule has 0 fully saturated rings. The smallest absolute Gasteiger partial charge is 0.315 e. The van der Waals surface area contributed by atoms with Gasteiger partial charge in [-0.25, -0.2) is 0 Å². The van der Waals surface area contributed by atoms with Crippen molar-refractivity contribution in [3.8, 4) is 0 Å². The summed E-state index contributed by atoms with van der Waals surface area (Å²) in [5.74, 6) is 1.14. The molecule has 0 amide bonds. The summed E-state index contributed by atoms with van der Waals surface area (Å²) in [5, 5.41) is 14.5. The van der Waals surface area contributed by atoms with E-state index in [9.17, 15) is 0 Å². The van der Waals surface area contributed by atoms with Gasteiger partial charge in [0.25, 0.3) is 0 Å². The molecule has 1 aromatic heterocycles. The molecule has 2 N–H and O–H groups in total. The Balaban J connectivity index is 2.48. The third kappa shape index (κ3) is 5.17. The van der Waals surface area contributed by atoms with E-state index in [1.54, 1.807) is 0 Å². The first kappa shape index (κ1) is 14.0. The van der Waals surface area contributed by atoms with Crippen LogP contribution in [0.4, 0.5) is 6.01 Å². The Morgan fingerprint density at radius 1 is 1.18 bits per heavy atom. The van der Waals surface area contributed by atoms with Gasteiger partial charge in [0, 0.05) is 11.6 Å². The Labute approximate surface area is 103 Å². The molecule has 1 unspecified atom stereocenters. The second kappa shape index (κ2) is 5.49. The molecule has 1 aromatic rings. The summed E-state index contributed by atoms with van der Waals surface area (Å²) in [5.41, 5.74) is 0.0489. The standard InChI is InChI=1S/C12H24N4O/c1-8(2)9(3)14-11-16-15-10(17-11)7-13-12(4,5)6/h8-9,13H,7H2,1-6H3,(H,14,16). The fourth-order valence-corrected chi connectivity index (χ4v) is 1.09. The molecule has 0 radical (unpaired) electrons. The molecule has 0 aliphatic rings. The van der Waals surface area contributed by atoms with Gasteiger partial charge in [-0.3, -0.25) is 0 Å². The third-order valence-corrected chi connectivity index (χ3v) is 2.59. The highest BCUT2D eigenvalue weighted by Gasteiger charge is 2.14. The van der Waals surface area contributed by atoms with Gasteiger partial charge in [-0.05, 0) is 33.6 Å². The summed E-state index contributed by atoms with van der Waals surface area (Å²) in [4.78, 5) is 0. The lowest BCUT2D eigenvalue weighted by Crippen LogP contribution is -2.35. The summed E-state index contributed by atoms with van der Waals surface area (Å²) in [6.07, 6.45) is 0. The molecule has 0 aromatic carbocycles. The number of rotatable bonds is 5. The molecule has 0 saturated heterocycles. The van der Waals surface area contributed by atoms with Gasteiger partial charge in [0.1, 0.15) is 0 Å². The van der Waals surface area contributed by atoms with Crippen molar-refractivity contribution in [3.63, 3.8) is 0 Å². The first-order valence-corrected chi connectivity index (χ1v) is 6.12. The second-order valence-corrected chi connectivity index (χ2v) is 5.78. The lowest BCUT2D eigenvalue weighted by molar-refractivity contribution is 0.382. The second-order valence-electron chi connectivity index (χ2n) is 5.78. The summed E-state index contributed by atoms with van der Waals surface area (Å²) in [6, 6.07) is 0.816. The van der Waals surface area contributed by atoms with E-state index in [1.807, 2.05) is 0 Å². The van der Waals surface area contributed by atoms with Crippen molar-refractivity contribution in [2.75, 3.05) is 5.32 Å². The minimum Gasteiger partial charge on any atom is -0.407 e. The molecule has 1 heterocycles. The van der Waals surface area contributed by atoms with E-state index < -0.39 is 0 Å². The van der Waals surface area contributed by atoms with Crippen LogP contribution in [0.5, 0.6) is 0 Å². The minimum absolute atomic E-state index is 0.0489. The van der Waals surface area contributed by atoms with Gasteiger partial charge >= 0.3 is 6.01 Å². The van der Waals surface area contributed by atoms with Crippen LogP contribution in [0.1, 0.15) is 47.4 Å². The van der Waals surface area contributed by atoms with Crippen LogP contribution in [0, 0.1) is 5.92 Å². The van der Waals surface area contributed by atoms with Crippen LogP contribution in [-0.2, 0) is 6.54 Å². The highest BCUT2D eigenvalue weighted by Crippen LogP contribution is 2.11. The van der Waals surface area contributed by atoms with Crippen molar-refractivity contribution in [3.05, 3.63) is 5.89 Å². The Hall–Kier alpha value is -1.10. The molecule has 17 heavy (non-hydrogen) atoms. The molecule has 5 heteroatoms. The van der Waals surface area contributed by atoms with E-state index in [0.29, 0.717) is 30.4 Å². The molecule has 0 saturated carbocycles. The molecule has 1 atom stereocenters. The number of anilines is 1. The van der Waals surface area contributed by atoms with Crippen LogP contribution in [0.15, 0.2) is 4.42 Å². The van der Waals surface area contributed by atoms with Gasteiger partial charge in [0.15, 0.2) is 0 Å². The summed E-state index contributed by atoms with van der Waals surface area (Å²) in [7, 11) is 0. The predicted octanol–water partition coefficient (Wildman–Crippen LogP) is 2.41. The van der Waals surface area contributed by atoms with E-state index in [4.69, 9.17) is 4.42 Å². The van der Waals surface area contributed by atoms with Crippen molar-refractivity contribution in [2.24, 2.45) is 5.92 Å². The largest absolute Gasteiger partial charge is 0.407 e. The maximum Gasteiger partial charge on any atom is 0.315 e. The van der Waals surface area contributed by atoms with E-state index >= 15 is 0 Å². The van der Waals surface area contributed by atoms with Gasteiger partial charge < -0.3 is 15.1 Å². The van der Waals surface area contributed by atoms with Crippen molar-refractivity contribution in [1.29, 1.82) is 0 Å². The Bertz CT molecular complexity index is 341. The summed E-state index contributed by atoms with van der Waals surface area (Å²) in [6.45, 7) is 13.3. The molecule has 0 bridgehead atoms. The Morgan fingerprint density at radius 2 is 1.82 bits per heavy atom. The van der Waals surface area contributed by atoms with Gasteiger partial charge in [-0.15, -0.1) is 5.10 Å². The van der Waals surface area contributed by atoms with E-state index in [1.165, 1.54) is 0 Å². The fourth-order valence-electron chi connectivity index (χ4n) is 1.09. The maximum atomic E-state index is 5.50. The molecular formula is C12H24N4O. The number of hydrogen-bond acceptors (Lipinski definition) is 5. The molecular weight excluding hydrogens is 216 g/mol. The fraction of sp³-hybridized carbons (Fsp3) is 0.833. The number of hydrogen-bond donors (Lipinski definition) is 2. The third-order valence-electron chi connectivity index (χ3n) is 2.59. The van der Waals surface area contributed by atoms with Crippen LogP contribution in [0.2, 0.25) is 0 Å². The molecule has 0 aliphatic carbocycles.